The van der Waals surface area contributed by atoms with Crippen molar-refractivity contribution in [2.45, 2.75) is 30.6 Å². The molecule has 2 aromatic carbocycles. The van der Waals surface area contributed by atoms with Crippen LogP contribution in [-0.4, -0.2) is 42.2 Å². The fourth-order valence-corrected chi connectivity index (χ4v) is 4.57. The lowest BCUT2D eigenvalue weighted by Gasteiger charge is -2.16. The number of ether oxygens (including phenoxy) is 3. The molecule has 0 unspecified atom stereocenters. The van der Waals surface area contributed by atoms with Crippen molar-refractivity contribution >= 4 is 22.7 Å². The molecule has 29 heavy (non-hydrogen) atoms. The van der Waals surface area contributed by atoms with Gasteiger partial charge in [-0.2, -0.15) is 0 Å². The molecule has 1 saturated heterocycles. The average Bonchev–Trinajstić information content (AvgIpc) is 3.28. The molecule has 2 heterocycles. The lowest BCUT2D eigenvalue weighted by atomic mass is 10.2. The van der Waals surface area contributed by atoms with Crippen molar-refractivity contribution in [2.75, 3.05) is 26.6 Å². The highest BCUT2D eigenvalue weighted by atomic mass is 32.2. The van der Waals surface area contributed by atoms with Crippen LogP contribution in [0.1, 0.15) is 18.4 Å². The average molecular weight is 413 g/mol. The first-order chi connectivity index (χ1) is 14.2. The van der Waals surface area contributed by atoms with Gasteiger partial charge in [0, 0.05) is 12.4 Å². The molecule has 6 nitrogen and oxygen atoms in total. The molecule has 0 bridgehead atoms. The zero-order valence-electron chi connectivity index (χ0n) is 16.6. The van der Waals surface area contributed by atoms with Gasteiger partial charge in [0.1, 0.15) is 0 Å². The summed E-state index contributed by atoms with van der Waals surface area (Å²) in [4.78, 5) is 18.0. The Morgan fingerprint density at radius 1 is 1.17 bits per heavy atom. The standard InChI is InChI=1S/C22H24N2O4S/c1-26-19-10-9-15(12-20(19)27-2)13-24-21(25)17-7-3-4-8-18(17)23-22(24)29-14-16-6-5-11-28-16/h3-4,7-10,12,16H,5-6,11,13-14H2,1-2H3/t16-/m0/s1. The first-order valence-electron chi connectivity index (χ1n) is 9.64. The number of benzene rings is 2. The fraction of sp³-hybridized carbons (Fsp3) is 0.364. The minimum Gasteiger partial charge on any atom is -0.493 e. The summed E-state index contributed by atoms with van der Waals surface area (Å²) in [5.41, 5.74) is 1.62. The van der Waals surface area contributed by atoms with E-state index in [-0.39, 0.29) is 11.7 Å². The van der Waals surface area contributed by atoms with Gasteiger partial charge >= 0.3 is 0 Å². The van der Waals surface area contributed by atoms with Crippen LogP contribution in [0.4, 0.5) is 0 Å². The van der Waals surface area contributed by atoms with Gasteiger partial charge in [0.15, 0.2) is 16.7 Å². The molecule has 1 aromatic heterocycles. The molecule has 1 aliphatic rings. The number of aromatic nitrogens is 2. The number of thioether (sulfide) groups is 1. The van der Waals surface area contributed by atoms with E-state index in [9.17, 15) is 4.79 Å². The zero-order chi connectivity index (χ0) is 20.2. The highest BCUT2D eigenvalue weighted by Crippen LogP contribution is 2.29. The summed E-state index contributed by atoms with van der Waals surface area (Å²) in [5, 5.41) is 1.33. The van der Waals surface area contributed by atoms with E-state index < -0.39 is 0 Å². The van der Waals surface area contributed by atoms with E-state index in [1.165, 1.54) is 0 Å². The second-order valence-corrected chi connectivity index (χ2v) is 7.93. The van der Waals surface area contributed by atoms with Crippen LogP contribution < -0.4 is 15.0 Å². The number of rotatable bonds is 7. The molecule has 7 heteroatoms. The van der Waals surface area contributed by atoms with Crippen LogP contribution in [0.5, 0.6) is 11.5 Å². The van der Waals surface area contributed by atoms with Crippen LogP contribution in [0.3, 0.4) is 0 Å². The Hall–Kier alpha value is -2.51. The van der Waals surface area contributed by atoms with Gasteiger partial charge in [-0.25, -0.2) is 4.98 Å². The van der Waals surface area contributed by atoms with Crippen LogP contribution >= 0.6 is 11.8 Å². The zero-order valence-corrected chi connectivity index (χ0v) is 17.4. The second-order valence-electron chi connectivity index (χ2n) is 6.94. The minimum absolute atomic E-state index is 0.0415. The molecule has 0 aliphatic carbocycles. The van der Waals surface area contributed by atoms with E-state index >= 15 is 0 Å². The molecule has 0 spiro atoms. The fourth-order valence-electron chi connectivity index (χ4n) is 3.50. The third kappa shape index (κ3) is 4.26. The van der Waals surface area contributed by atoms with Crippen molar-refractivity contribution < 1.29 is 14.2 Å². The molecule has 4 rings (SSSR count). The number of hydrogen-bond donors (Lipinski definition) is 0. The molecule has 1 fully saturated rings. The molecular weight excluding hydrogens is 388 g/mol. The Morgan fingerprint density at radius 2 is 2.00 bits per heavy atom. The van der Waals surface area contributed by atoms with Crippen molar-refractivity contribution in [1.29, 1.82) is 0 Å². The lowest BCUT2D eigenvalue weighted by Crippen LogP contribution is -2.24. The van der Waals surface area contributed by atoms with E-state index in [1.54, 1.807) is 30.5 Å². The molecule has 3 aromatic rings. The van der Waals surface area contributed by atoms with Crippen LogP contribution in [-0.2, 0) is 11.3 Å². The Balaban J connectivity index is 1.71. The van der Waals surface area contributed by atoms with Crippen LogP contribution in [0, 0.1) is 0 Å². The minimum atomic E-state index is -0.0415. The van der Waals surface area contributed by atoms with E-state index in [1.807, 2.05) is 42.5 Å². The van der Waals surface area contributed by atoms with Crippen molar-refractivity contribution in [3.8, 4) is 11.5 Å². The van der Waals surface area contributed by atoms with Crippen molar-refractivity contribution in [1.82, 2.24) is 9.55 Å². The van der Waals surface area contributed by atoms with Crippen LogP contribution in [0.25, 0.3) is 10.9 Å². The Labute approximate surface area is 173 Å². The molecule has 1 aliphatic heterocycles. The summed E-state index contributed by atoms with van der Waals surface area (Å²) < 4.78 is 18.2. The molecule has 0 N–H and O–H groups in total. The number of methoxy groups -OCH3 is 2. The monoisotopic (exact) mass is 412 g/mol. The van der Waals surface area contributed by atoms with Crippen LogP contribution in [0.15, 0.2) is 52.4 Å². The first kappa shape index (κ1) is 19.8. The molecular formula is C22H24N2O4S. The van der Waals surface area contributed by atoms with Gasteiger partial charge in [-0.1, -0.05) is 30.0 Å². The molecule has 0 radical (unpaired) electrons. The largest absolute Gasteiger partial charge is 0.493 e. The normalized spacial score (nSPS) is 16.3. The molecule has 1 atom stereocenters. The molecule has 0 saturated carbocycles. The number of para-hydroxylation sites is 1. The van der Waals surface area contributed by atoms with Gasteiger partial charge in [0.2, 0.25) is 0 Å². The van der Waals surface area contributed by atoms with Gasteiger partial charge in [-0.3, -0.25) is 9.36 Å². The SMILES string of the molecule is COc1ccc(Cn2c(SC[C@@H]3CCCO3)nc3ccccc3c2=O)cc1OC. The van der Waals surface area contributed by atoms with E-state index in [2.05, 4.69) is 0 Å². The van der Waals surface area contributed by atoms with Crippen molar-refractivity contribution in [3.05, 3.63) is 58.4 Å². The highest BCUT2D eigenvalue weighted by molar-refractivity contribution is 7.99. The lowest BCUT2D eigenvalue weighted by molar-refractivity contribution is 0.129. The predicted molar refractivity (Wildman–Crippen MR) is 114 cm³/mol. The molecule has 0 amide bonds. The third-order valence-corrected chi connectivity index (χ3v) is 6.15. The summed E-state index contributed by atoms with van der Waals surface area (Å²) in [6, 6.07) is 13.2. The second kappa shape index (κ2) is 8.88. The van der Waals surface area contributed by atoms with Crippen LogP contribution in [0.2, 0.25) is 0 Å². The Kier molecular flexibility index (Phi) is 6.06. The topological polar surface area (TPSA) is 62.6 Å². The van der Waals surface area contributed by atoms with Gasteiger partial charge < -0.3 is 14.2 Å². The maximum atomic E-state index is 13.2. The number of fused-ring (bicyclic) bond motifs is 1. The van der Waals surface area contributed by atoms with E-state index in [0.29, 0.717) is 28.6 Å². The van der Waals surface area contributed by atoms with Gasteiger partial charge in [-0.15, -0.1) is 0 Å². The summed E-state index contributed by atoms with van der Waals surface area (Å²) in [5.74, 6) is 2.09. The summed E-state index contributed by atoms with van der Waals surface area (Å²) in [7, 11) is 3.21. The summed E-state index contributed by atoms with van der Waals surface area (Å²) in [6.45, 7) is 1.22. The number of nitrogens with zero attached hydrogens (tertiary/aromatic N) is 2. The summed E-state index contributed by atoms with van der Waals surface area (Å²) in [6.07, 6.45) is 2.37. The Morgan fingerprint density at radius 3 is 2.76 bits per heavy atom. The van der Waals surface area contributed by atoms with E-state index in [0.717, 1.165) is 36.3 Å². The quantitative estimate of drug-likeness (QED) is 0.435. The maximum Gasteiger partial charge on any atom is 0.262 e. The van der Waals surface area contributed by atoms with Crippen molar-refractivity contribution in [2.24, 2.45) is 0 Å². The third-order valence-electron chi connectivity index (χ3n) is 5.04. The van der Waals surface area contributed by atoms with Gasteiger partial charge in [0.25, 0.3) is 5.56 Å². The van der Waals surface area contributed by atoms with E-state index in [4.69, 9.17) is 19.2 Å². The van der Waals surface area contributed by atoms with Crippen molar-refractivity contribution in [3.63, 3.8) is 0 Å². The maximum absolute atomic E-state index is 13.2. The summed E-state index contributed by atoms with van der Waals surface area (Å²) >= 11 is 1.58. The Bertz CT molecular complexity index is 1060. The smallest absolute Gasteiger partial charge is 0.262 e. The molecule has 152 valence electrons. The van der Waals surface area contributed by atoms with Gasteiger partial charge in [0.05, 0.1) is 37.8 Å². The first-order valence-corrected chi connectivity index (χ1v) is 10.6. The van der Waals surface area contributed by atoms with Gasteiger partial charge in [-0.05, 0) is 42.7 Å². The number of hydrogen-bond acceptors (Lipinski definition) is 6. The highest BCUT2D eigenvalue weighted by Gasteiger charge is 2.19. The predicted octanol–water partition coefficient (Wildman–Crippen LogP) is 3.73.